The third-order valence-electron chi connectivity index (χ3n) is 13.2. The van der Waals surface area contributed by atoms with Crippen molar-refractivity contribution in [1.82, 2.24) is 0 Å². The summed E-state index contributed by atoms with van der Waals surface area (Å²) in [5, 5.41) is 10.9. The number of aliphatic hydroxyl groups is 1. The number of aryl methyl sites for hydroxylation is 2. The Hall–Kier alpha value is -5.22. The van der Waals surface area contributed by atoms with Gasteiger partial charge in [-0.3, -0.25) is 14.6 Å². The standard InChI is InChI=1S/C30H43NO7.C30H41NO7.C2H7P/c2*1-10-31(28(34)38-29(5,6)7)22-16-19(3)25-21(17-22)12-11-13-24-26(37-30(8,9)36-24)23(32)15-14-18(2)20(4)35-27(25)33;1-3-2/h11-12,14-18,20,23-24,26,32H,10,13H2,1-9H3;11-12,14-18,20,24,26H,10,13H2,1-9H3;3H,1-2H3/b2*12-11+,15-14-;/t18-,20+,23?,24+,26-;18-,20+,24+,26-;/m11./s1. The van der Waals surface area contributed by atoms with Gasteiger partial charge in [-0.05, 0) is 190 Å². The summed E-state index contributed by atoms with van der Waals surface area (Å²) in [5.74, 6) is -3.18. The Bertz CT molecular complexity index is 2590. The van der Waals surface area contributed by atoms with Crippen molar-refractivity contribution in [1.29, 1.82) is 0 Å². The van der Waals surface area contributed by atoms with Crippen molar-refractivity contribution >= 4 is 62.0 Å². The molecule has 2 saturated heterocycles. The third kappa shape index (κ3) is 18.9. The summed E-state index contributed by atoms with van der Waals surface area (Å²) in [6, 6.07) is 7.19. The van der Waals surface area contributed by atoms with Gasteiger partial charge in [0.1, 0.15) is 41.7 Å². The summed E-state index contributed by atoms with van der Waals surface area (Å²) in [7, 11) is 1.08. The van der Waals surface area contributed by atoms with Crippen LogP contribution in [0.25, 0.3) is 12.2 Å². The molecule has 4 heterocycles. The lowest BCUT2D eigenvalue weighted by molar-refractivity contribution is -0.152. The number of aliphatic hydroxyl groups excluding tert-OH is 1. The van der Waals surface area contributed by atoms with Gasteiger partial charge in [-0.15, -0.1) is 8.58 Å². The molecular weight excluding hydrogens is 1030 g/mol. The predicted molar refractivity (Wildman–Crippen MR) is 313 cm³/mol. The van der Waals surface area contributed by atoms with Crippen LogP contribution in [0.4, 0.5) is 21.0 Å². The van der Waals surface area contributed by atoms with E-state index in [1.807, 2.05) is 134 Å². The van der Waals surface area contributed by atoms with Gasteiger partial charge in [0.25, 0.3) is 0 Å². The van der Waals surface area contributed by atoms with Gasteiger partial charge in [0.15, 0.2) is 17.4 Å². The van der Waals surface area contributed by atoms with Crippen LogP contribution in [0.3, 0.4) is 0 Å². The molecule has 0 radical (unpaired) electrons. The molecule has 0 bridgehead atoms. The average Bonchev–Trinajstić information content (AvgIpc) is 3.81. The summed E-state index contributed by atoms with van der Waals surface area (Å²) in [6.07, 6.45) is 10.1. The number of anilines is 2. The van der Waals surface area contributed by atoms with Gasteiger partial charge in [-0.25, -0.2) is 19.2 Å². The zero-order valence-corrected chi connectivity index (χ0v) is 51.6. The van der Waals surface area contributed by atoms with Gasteiger partial charge >= 0.3 is 24.1 Å². The van der Waals surface area contributed by atoms with Crippen LogP contribution in [0.2, 0.25) is 0 Å². The largest absolute Gasteiger partial charge is 0.458 e. The number of hydrogen-bond acceptors (Lipinski definition) is 14. The Morgan fingerprint density at radius 1 is 0.633 bits per heavy atom. The molecule has 16 nitrogen and oxygen atoms in total. The number of esters is 2. The van der Waals surface area contributed by atoms with Crippen LogP contribution in [-0.2, 0) is 42.7 Å². The van der Waals surface area contributed by atoms with Gasteiger partial charge in [-0.2, -0.15) is 0 Å². The normalized spacial score (nSPS) is 27.5. The first-order valence-corrected chi connectivity index (χ1v) is 29.6. The molecule has 79 heavy (non-hydrogen) atoms. The van der Waals surface area contributed by atoms with Crippen molar-refractivity contribution in [3.8, 4) is 0 Å². The number of benzene rings is 2. The van der Waals surface area contributed by atoms with Crippen LogP contribution >= 0.6 is 8.58 Å². The van der Waals surface area contributed by atoms with Crippen LogP contribution in [-0.4, -0.2) is 127 Å². The molecule has 0 saturated carbocycles. The van der Waals surface area contributed by atoms with Crippen molar-refractivity contribution in [2.45, 2.75) is 203 Å². The number of fused-ring (bicyclic) bond motifs is 4. The average molecular weight is 1120 g/mol. The lowest BCUT2D eigenvalue weighted by Gasteiger charge is -2.27. The van der Waals surface area contributed by atoms with E-state index in [4.69, 9.17) is 37.9 Å². The van der Waals surface area contributed by atoms with E-state index in [0.717, 1.165) is 8.58 Å². The molecule has 4 aliphatic rings. The van der Waals surface area contributed by atoms with E-state index in [0.29, 0.717) is 70.7 Å². The lowest BCUT2D eigenvalue weighted by atomic mass is 9.97. The Morgan fingerprint density at radius 2 is 1.04 bits per heavy atom. The highest BCUT2D eigenvalue weighted by molar-refractivity contribution is 7.35. The molecule has 0 aromatic heterocycles. The molecule has 0 aliphatic carbocycles. The van der Waals surface area contributed by atoms with Crippen LogP contribution in [0, 0.1) is 25.7 Å². The highest BCUT2D eigenvalue weighted by Gasteiger charge is 2.45. The molecule has 2 amide bonds. The van der Waals surface area contributed by atoms with E-state index in [-0.39, 0.29) is 23.7 Å². The van der Waals surface area contributed by atoms with Crippen molar-refractivity contribution in [2.75, 3.05) is 36.2 Å². The van der Waals surface area contributed by atoms with Gasteiger partial charge < -0.3 is 43.0 Å². The molecule has 2 aromatic carbocycles. The zero-order chi connectivity index (χ0) is 59.5. The first-order valence-electron chi connectivity index (χ1n) is 27.6. The molecule has 17 heteroatoms. The fraction of sp³-hybridized carbons (Fsp3) is 0.597. The maximum atomic E-state index is 13.4. The summed E-state index contributed by atoms with van der Waals surface area (Å²) in [5.41, 5.74) is 3.37. The minimum Gasteiger partial charge on any atom is -0.458 e. The number of rotatable bonds is 4. The topological polar surface area (TPSA) is 186 Å². The maximum absolute atomic E-state index is 13.4. The maximum Gasteiger partial charge on any atom is 0.414 e. The number of carbonyl (C=O) groups is 5. The first kappa shape index (κ1) is 66.3. The quantitative estimate of drug-likeness (QED) is 0.132. The van der Waals surface area contributed by atoms with Crippen LogP contribution in [0.15, 0.2) is 60.7 Å². The number of ketones is 1. The Morgan fingerprint density at radius 3 is 1.47 bits per heavy atom. The zero-order valence-electron chi connectivity index (χ0n) is 50.6. The van der Waals surface area contributed by atoms with E-state index < -0.39 is 83.5 Å². The molecule has 0 spiro atoms. The van der Waals surface area contributed by atoms with Gasteiger partial charge in [0.05, 0.1) is 23.3 Å². The molecule has 438 valence electrons. The first-order chi connectivity index (χ1) is 36.6. The number of carbonyl (C=O) groups excluding carboxylic acids is 5. The predicted octanol–water partition coefficient (Wildman–Crippen LogP) is 12.7. The monoisotopic (exact) mass is 1120 g/mol. The Labute approximate surface area is 472 Å². The summed E-state index contributed by atoms with van der Waals surface area (Å²) in [4.78, 5) is 68.6. The minimum atomic E-state index is -0.894. The van der Waals surface area contributed by atoms with Gasteiger partial charge in [0, 0.05) is 36.3 Å². The molecule has 6 rings (SSSR count). The van der Waals surface area contributed by atoms with E-state index in [9.17, 15) is 29.1 Å². The van der Waals surface area contributed by atoms with Crippen molar-refractivity contribution in [2.24, 2.45) is 11.8 Å². The molecule has 4 aliphatic heterocycles. The fourth-order valence-corrected chi connectivity index (χ4v) is 9.16. The van der Waals surface area contributed by atoms with Crippen LogP contribution in [0.5, 0.6) is 0 Å². The highest BCUT2D eigenvalue weighted by Crippen LogP contribution is 2.36. The van der Waals surface area contributed by atoms with Crippen molar-refractivity contribution in [3.63, 3.8) is 0 Å². The van der Waals surface area contributed by atoms with E-state index in [1.54, 1.807) is 62.1 Å². The Kier molecular flexibility index (Phi) is 23.5. The van der Waals surface area contributed by atoms with Crippen molar-refractivity contribution < 1.29 is 67.0 Å². The highest BCUT2D eigenvalue weighted by atomic mass is 31.1. The number of cyclic esters (lactones) is 2. The molecular formula is C62H91N2O14P. The second-order valence-electron chi connectivity index (χ2n) is 23.5. The minimum absolute atomic E-state index is 0.147. The summed E-state index contributed by atoms with van der Waals surface area (Å²) in [6.45, 7) is 38.1. The second-order valence-corrected chi connectivity index (χ2v) is 24.5. The second kappa shape index (κ2) is 28.0. The van der Waals surface area contributed by atoms with Gasteiger partial charge in [-0.1, -0.05) is 56.4 Å². The smallest absolute Gasteiger partial charge is 0.414 e. The molecule has 2 fully saturated rings. The van der Waals surface area contributed by atoms with Gasteiger partial charge in [0.2, 0.25) is 0 Å². The Balaban J connectivity index is 0.000000324. The summed E-state index contributed by atoms with van der Waals surface area (Å²) < 4.78 is 46.9. The molecule has 1 N–H and O–H groups in total. The lowest BCUT2D eigenvalue weighted by Crippen LogP contribution is -2.37. The number of ether oxygens (including phenoxy) is 8. The number of amides is 2. The van der Waals surface area contributed by atoms with E-state index in [1.165, 1.54) is 11.0 Å². The SMILES string of the molecule is CCN(C(=O)OC(C)(C)C)c1cc(C)c2c(c1)/C=C/C[C@@H]1OC(C)(C)O[C@@H]1C(=O)/C=C\[C@@H](C)[C@H](C)OC2=O.CCN(C(=O)OC(C)(C)C)c1cc(C)c2c(c1)/C=C/C[C@@H]1OC(C)(C)O[C@@H]1C(O)/C=C\[C@@H](C)[C@H](C)OC2=O.CPC. The van der Waals surface area contributed by atoms with Crippen molar-refractivity contribution in [3.05, 3.63) is 94.1 Å². The number of nitrogens with zero attached hydrogens (tertiary/aromatic N) is 2. The number of hydrogen-bond donors (Lipinski definition) is 1. The molecule has 9 atom stereocenters. The van der Waals surface area contributed by atoms with Crippen LogP contribution < -0.4 is 9.80 Å². The molecule has 1 unspecified atom stereocenters. The van der Waals surface area contributed by atoms with E-state index >= 15 is 0 Å². The molecule has 2 aromatic rings. The van der Waals surface area contributed by atoms with Crippen LogP contribution in [0.1, 0.15) is 167 Å². The summed E-state index contributed by atoms with van der Waals surface area (Å²) >= 11 is 0. The third-order valence-corrected chi connectivity index (χ3v) is 13.2. The fourth-order valence-electron chi connectivity index (χ4n) is 9.16. The van der Waals surface area contributed by atoms with E-state index in [2.05, 4.69) is 13.3 Å².